The first-order valence-electron chi connectivity index (χ1n) is 6.85. The summed E-state index contributed by atoms with van der Waals surface area (Å²) in [5, 5.41) is 0. The van der Waals surface area contributed by atoms with Crippen molar-refractivity contribution in [2.45, 2.75) is 53.3 Å². The van der Waals surface area contributed by atoms with Crippen molar-refractivity contribution in [3.63, 3.8) is 0 Å². The molecule has 21 heavy (non-hydrogen) atoms. The number of hydrogen-bond acceptors (Lipinski definition) is 3. The molecule has 0 fully saturated rings. The topological polar surface area (TPSA) is 46.3 Å². The van der Waals surface area contributed by atoms with Gasteiger partial charge in [0.1, 0.15) is 6.54 Å². The van der Waals surface area contributed by atoms with Gasteiger partial charge in [-0.15, -0.1) is 0 Å². The predicted molar refractivity (Wildman–Crippen MR) is 72.0 cm³/mol. The molecule has 0 atom stereocenters. The summed E-state index contributed by atoms with van der Waals surface area (Å²) in [6.07, 6.45) is -3.91. The summed E-state index contributed by atoms with van der Waals surface area (Å²) in [5.74, 6) is -0.227. The first-order valence-corrected chi connectivity index (χ1v) is 6.85. The molecule has 0 saturated heterocycles. The Balaban J connectivity index is 3.01. The molecule has 1 amide bonds. The van der Waals surface area contributed by atoms with Gasteiger partial charge in [0.25, 0.3) is 5.91 Å². The van der Waals surface area contributed by atoms with Crippen molar-refractivity contribution in [2.24, 2.45) is 5.92 Å². The van der Waals surface area contributed by atoms with Crippen molar-refractivity contribution in [2.75, 3.05) is 6.54 Å². The fraction of sp³-hybridized carbons (Fsp3) is 0.714. The first-order chi connectivity index (χ1) is 9.51. The molecule has 0 bridgehead atoms. The van der Waals surface area contributed by atoms with E-state index in [1.165, 1.54) is 13.8 Å². The molecule has 1 aromatic heterocycles. The molecule has 4 nitrogen and oxygen atoms in total. The van der Waals surface area contributed by atoms with E-state index in [-0.39, 0.29) is 11.7 Å². The Kier molecular flexibility index (Phi) is 5.42. The number of halogens is 3. The van der Waals surface area contributed by atoms with Crippen LogP contribution in [0, 0.1) is 12.8 Å². The summed E-state index contributed by atoms with van der Waals surface area (Å²) in [6, 6.07) is -0.586. The van der Waals surface area contributed by atoms with Crippen molar-refractivity contribution in [3.05, 3.63) is 17.3 Å². The third-order valence-electron chi connectivity index (χ3n) is 2.85. The van der Waals surface area contributed by atoms with Crippen molar-refractivity contribution in [1.82, 2.24) is 9.88 Å². The highest BCUT2D eigenvalue weighted by atomic mass is 19.4. The van der Waals surface area contributed by atoms with Gasteiger partial charge in [-0.05, 0) is 26.7 Å². The van der Waals surface area contributed by atoms with Crippen LogP contribution in [0.4, 0.5) is 13.2 Å². The average Bonchev–Trinajstić information content (AvgIpc) is 2.63. The molecule has 1 rings (SSSR count). The zero-order valence-electron chi connectivity index (χ0n) is 12.9. The van der Waals surface area contributed by atoms with E-state index in [4.69, 9.17) is 4.42 Å². The number of carbonyl (C=O) groups is 1. The van der Waals surface area contributed by atoms with Crippen LogP contribution in [0.15, 0.2) is 4.42 Å². The number of rotatable bonds is 5. The van der Waals surface area contributed by atoms with Gasteiger partial charge in [-0.2, -0.15) is 13.2 Å². The molecule has 0 saturated carbocycles. The molecule has 0 N–H and O–H groups in total. The SMILES string of the molecule is Cc1nc(CC(C)C)oc1C(=O)N(CC(F)(F)F)C(C)C. The van der Waals surface area contributed by atoms with Crippen LogP contribution in [0.25, 0.3) is 0 Å². The number of nitrogens with zero attached hydrogens (tertiary/aromatic N) is 2. The Morgan fingerprint density at radius 3 is 2.29 bits per heavy atom. The quantitative estimate of drug-likeness (QED) is 0.835. The molecular formula is C14H21F3N2O2. The van der Waals surface area contributed by atoms with E-state index in [9.17, 15) is 18.0 Å². The van der Waals surface area contributed by atoms with Crippen molar-refractivity contribution in [1.29, 1.82) is 0 Å². The monoisotopic (exact) mass is 306 g/mol. The first kappa shape index (κ1) is 17.5. The van der Waals surface area contributed by atoms with Gasteiger partial charge in [-0.25, -0.2) is 4.98 Å². The van der Waals surface area contributed by atoms with Crippen molar-refractivity contribution in [3.8, 4) is 0 Å². The maximum Gasteiger partial charge on any atom is 0.406 e. The van der Waals surface area contributed by atoms with Crippen LogP contribution in [0.5, 0.6) is 0 Å². The minimum Gasteiger partial charge on any atom is -0.435 e. The van der Waals surface area contributed by atoms with Gasteiger partial charge in [-0.1, -0.05) is 13.8 Å². The molecule has 0 aliphatic rings. The number of alkyl halides is 3. The lowest BCUT2D eigenvalue weighted by Gasteiger charge is -2.26. The summed E-state index contributed by atoms with van der Waals surface area (Å²) in [5.41, 5.74) is 0.323. The van der Waals surface area contributed by atoms with Crippen LogP contribution in [0.2, 0.25) is 0 Å². The molecule has 0 spiro atoms. The molecular weight excluding hydrogens is 285 g/mol. The second-order valence-electron chi connectivity index (χ2n) is 5.76. The zero-order valence-corrected chi connectivity index (χ0v) is 12.9. The van der Waals surface area contributed by atoms with Crippen molar-refractivity contribution >= 4 is 5.91 Å². The molecule has 0 radical (unpaired) electrons. The van der Waals surface area contributed by atoms with E-state index in [1.807, 2.05) is 13.8 Å². The summed E-state index contributed by atoms with van der Waals surface area (Å²) < 4.78 is 43.1. The second-order valence-corrected chi connectivity index (χ2v) is 5.76. The molecule has 1 aromatic rings. The van der Waals surface area contributed by atoms with E-state index < -0.39 is 24.7 Å². The minimum atomic E-state index is -4.45. The Labute approximate surface area is 122 Å². The van der Waals surface area contributed by atoms with Crippen LogP contribution >= 0.6 is 0 Å². The molecule has 7 heteroatoms. The lowest BCUT2D eigenvalue weighted by molar-refractivity contribution is -0.143. The highest BCUT2D eigenvalue weighted by molar-refractivity contribution is 5.92. The molecule has 0 unspecified atom stereocenters. The van der Waals surface area contributed by atoms with E-state index in [1.54, 1.807) is 6.92 Å². The van der Waals surface area contributed by atoms with Crippen LogP contribution in [0.1, 0.15) is 49.8 Å². The Hall–Kier alpha value is -1.53. The van der Waals surface area contributed by atoms with E-state index >= 15 is 0 Å². The molecule has 1 heterocycles. The Morgan fingerprint density at radius 2 is 1.86 bits per heavy atom. The predicted octanol–water partition coefficient (Wildman–Crippen LogP) is 3.59. The lowest BCUT2D eigenvalue weighted by atomic mass is 10.1. The second kappa shape index (κ2) is 6.49. The van der Waals surface area contributed by atoms with Gasteiger partial charge < -0.3 is 9.32 Å². The van der Waals surface area contributed by atoms with Crippen molar-refractivity contribution < 1.29 is 22.4 Å². The van der Waals surface area contributed by atoms with Gasteiger partial charge in [0, 0.05) is 12.5 Å². The highest BCUT2D eigenvalue weighted by Gasteiger charge is 2.36. The lowest BCUT2D eigenvalue weighted by Crippen LogP contribution is -2.43. The molecule has 0 aromatic carbocycles. The fourth-order valence-electron chi connectivity index (χ4n) is 1.90. The van der Waals surface area contributed by atoms with Crippen LogP contribution in [-0.2, 0) is 6.42 Å². The summed E-state index contributed by atoms with van der Waals surface area (Å²) in [7, 11) is 0. The molecule has 0 aliphatic heterocycles. The average molecular weight is 306 g/mol. The highest BCUT2D eigenvalue weighted by Crippen LogP contribution is 2.22. The summed E-state index contributed by atoms with van der Waals surface area (Å²) in [4.78, 5) is 17.1. The van der Waals surface area contributed by atoms with Gasteiger partial charge in [-0.3, -0.25) is 4.79 Å². The zero-order chi connectivity index (χ0) is 16.4. The van der Waals surface area contributed by atoms with Gasteiger partial charge in [0.15, 0.2) is 5.89 Å². The largest absolute Gasteiger partial charge is 0.435 e. The standard InChI is InChI=1S/C14H21F3N2O2/c1-8(2)6-11-18-10(5)12(21-11)13(20)19(9(3)4)7-14(15,16)17/h8-9H,6-7H2,1-5H3. The van der Waals surface area contributed by atoms with Gasteiger partial charge in [0.2, 0.25) is 5.76 Å². The van der Waals surface area contributed by atoms with Crippen LogP contribution in [0.3, 0.4) is 0 Å². The van der Waals surface area contributed by atoms with Gasteiger partial charge in [0.05, 0.1) is 5.69 Å². The van der Waals surface area contributed by atoms with E-state index in [2.05, 4.69) is 4.98 Å². The van der Waals surface area contributed by atoms with Gasteiger partial charge >= 0.3 is 6.18 Å². The Morgan fingerprint density at radius 1 is 1.29 bits per heavy atom. The summed E-state index contributed by atoms with van der Waals surface area (Å²) >= 11 is 0. The third-order valence-corrected chi connectivity index (χ3v) is 2.85. The van der Waals surface area contributed by atoms with E-state index in [0.717, 1.165) is 4.90 Å². The number of carbonyl (C=O) groups excluding carboxylic acids is 1. The minimum absolute atomic E-state index is 0.108. The fourth-order valence-corrected chi connectivity index (χ4v) is 1.90. The number of oxazole rings is 1. The number of aryl methyl sites for hydroxylation is 1. The molecule has 120 valence electrons. The number of hydrogen-bond donors (Lipinski definition) is 0. The van der Waals surface area contributed by atoms with Crippen LogP contribution in [-0.4, -0.2) is 34.6 Å². The van der Waals surface area contributed by atoms with Crippen LogP contribution < -0.4 is 0 Å². The summed E-state index contributed by atoms with van der Waals surface area (Å²) in [6.45, 7) is 7.25. The normalized spacial score (nSPS) is 12.3. The number of aromatic nitrogens is 1. The smallest absolute Gasteiger partial charge is 0.406 e. The maximum atomic E-state index is 12.6. The number of amides is 1. The maximum absolute atomic E-state index is 12.6. The van der Waals surface area contributed by atoms with E-state index in [0.29, 0.717) is 18.0 Å². The Bertz CT molecular complexity index is 493. The third kappa shape index (κ3) is 5.06. The molecule has 0 aliphatic carbocycles.